The molecule has 2 amide bonds. The number of rotatable bonds is 6. The average molecular weight is 398 g/mol. The van der Waals surface area contributed by atoms with Gasteiger partial charge in [0.05, 0.1) is 11.4 Å². The lowest BCUT2D eigenvalue weighted by molar-refractivity contribution is -0.130. The van der Waals surface area contributed by atoms with Crippen molar-refractivity contribution >= 4 is 29.1 Å². The van der Waals surface area contributed by atoms with Crippen LogP contribution in [0.1, 0.15) is 10.4 Å². The smallest absolute Gasteiger partial charge is 0.259 e. The van der Waals surface area contributed by atoms with Gasteiger partial charge in [0.15, 0.2) is 6.61 Å². The van der Waals surface area contributed by atoms with E-state index in [2.05, 4.69) is 5.32 Å². The molecule has 0 unspecified atom stereocenters. The summed E-state index contributed by atoms with van der Waals surface area (Å²) in [6.07, 6.45) is 3.75. The van der Waals surface area contributed by atoms with Crippen LogP contribution in [0.5, 0.6) is 5.75 Å². The number of halogens is 1. The lowest BCUT2D eigenvalue weighted by atomic mass is 10.2. The van der Waals surface area contributed by atoms with Crippen molar-refractivity contribution in [2.24, 2.45) is 0 Å². The molecule has 0 fully saturated rings. The second-order valence-corrected chi connectivity index (χ2v) is 6.75. The second kappa shape index (κ2) is 8.63. The summed E-state index contributed by atoms with van der Waals surface area (Å²) in [6.45, 7) is -0.0902. The molecule has 3 aromatic rings. The molecule has 0 saturated heterocycles. The van der Waals surface area contributed by atoms with Crippen molar-refractivity contribution in [2.45, 2.75) is 0 Å². The highest BCUT2D eigenvalue weighted by atomic mass is 35.5. The van der Waals surface area contributed by atoms with Gasteiger partial charge >= 0.3 is 0 Å². The van der Waals surface area contributed by atoms with Crippen molar-refractivity contribution in [1.82, 2.24) is 9.47 Å². The van der Waals surface area contributed by atoms with Crippen LogP contribution in [0.4, 0.5) is 5.69 Å². The fourth-order valence-electron chi connectivity index (χ4n) is 2.52. The van der Waals surface area contributed by atoms with E-state index < -0.39 is 0 Å². The topological polar surface area (TPSA) is 63.6 Å². The maximum Gasteiger partial charge on any atom is 0.259 e. The molecule has 0 aliphatic rings. The molecular formula is C21H20ClN3O3. The van der Waals surface area contributed by atoms with Gasteiger partial charge in [0, 0.05) is 37.1 Å². The van der Waals surface area contributed by atoms with Crippen molar-refractivity contribution in [2.75, 3.05) is 26.0 Å². The van der Waals surface area contributed by atoms with E-state index in [9.17, 15) is 9.59 Å². The molecule has 0 spiro atoms. The first-order chi connectivity index (χ1) is 13.4. The Morgan fingerprint density at radius 3 is 2.54 bits per heavy atom. The summed E-state index contributed by atoms with van der Waals surface area (Å²) in [5.41, 5.74) is 1.80. The number of ether oxygens (including phenoxy) is 1. The van der Waals surface area contributed by atoms with Crippen LogP contribution in [0.3, 0.4) is 0 Å². The number of nitrogens with zero attached hydrogens (tertiary/aromatic N) is 2. The zero-order valence-corrected chi connectivity index (χ0v) is 16.3. The maximum absolute atomic E-state index is 12.7. The van der Waals surface area contributed by atoms with Gasteiger partial charge in [-0.15, -0.1) is 0 Å². The van der Waals surface area contributed by atoms with Crippen LogP contribution in [-0.4, -0.2) is 42.0 Å². The van der Waals surface area contributed by atoms with Crippen LogP contribution in [0, 0.1) is 0 Å². The average Bonchev–Trinajstić information content (AvgIpc) is 3.22. The Balaban J connectivity index is 1.77. The summed E-state index contributed by atoms with van der Waals surface area (Å²) in [5, 5.41) is 3.48. The van der Waals surface area contributed by atoms with Crippen LogP contribution < -0.4 is 10.1 Å². The number of carbonyl (C=O) groups is 2. The standard InChI is InChI=1S/C21H20ClN3O3/c1-24(2)20(26)14-28-17-7-5-6-15(12-17)21(27)23-18-9-8-16(22)13-19(18)25-10-3-4-11-25/h3-13H,14H2,1-2H3,(H,23,27). The quantitative estimate of drug-likeness (QED) is 0.687. The van der Waals surface area contributed by atoms with E-state index in [4.69, 9.17) is 16.3 Å². The van der Waals surface area contributed by atoms with Gasteiger partial charge in [-0.1, -0.05) is 17.7 Å². The van der Waals surface area contributed by atoms with Gasteiger partial charge in [-0.2, -0.15) is 0 Å². The van der Waals surface area contributed by atoms with Gasteiger partial charge in [0.1, 0.15) is 5.75 Å². The fraction of sp³-hybridized carbons (Fsp3) is 0.143. The van der Waals surface area contributed by atoms with Crippen molar-refractivity contribution in [3.05, 3.63) is 77.6 Å². The number of hydrogen-bond acceptors (Lipinski definition) is 3. The zero-order chi connectivity index (χ0) is 20.1. The second-order valence-electron chi connectivity index (χ2n) is 6.31. The molecular weight excluding hydrogens is 378 g/mol. The minimum absolute atomic E-state index is 0.0902. The Kier molecular flexibility index (Phi) is 6.01. The highest BCUT2D eigenvalue weighted by molar-refractivity contribution is 6.31. The van der Waals surface area contributed by atoms with E-state index in [-0.39, 0.29) is 18.4 Å². The van der Waals surface area contributed by atoms with Gasteiger partial charge in [-0.05, 0) is 48.5 Å². The fourth-order valence-corrected chi connectivity index (χ4v) is 2.68. The molecule has 0 atom stereocenters. The zero-order valence-electron chi connectivity index (χ0n) is 15.6. The summed E-state index contributed by atoms with van der Waals surface area (Å²) in [4.78, 5) is 25.8. The number of nitrogens with one attached hydrogen (secondary N) is 1. The molecule has 1 heterocycles. The van der Waals surface area contributed by atoms with Crippen molar-refractivity contribution < 1.29 is 14.3 Å². The van der Waals surface area contributed by atoms with E-state index in [0.29, 0.717) is 22.0 Å². The normalized spacial score (nSPS) is 10.4. The monoisotopic (exact) mass is 397 g/mol. The van der Waals surface area contributed by atoms with Crippen LogP contribution >= 0.6 is 11.6 Å². The molecule has 3 rings (SSSR count). The number of likely N-dealkylation sites (N-methyl/N-ethyl adjacent to an activating group) is 1. The number of aromatic nitrogens is 1. The molecule has 0 aliphatic carbocycles. The Labute approximate surface area is 168 Å². The van der Waals surface area contributed by atoms with Crippen LogP contribution in [0.2, 0.25) is 5.02 Å². The summed E-state index contributed by atoms with van der Waals surface area (Å²) >= 11 is 6.12. The molecule has 0 saturated carbocycles. The third-order valence-corrected chi connectivity index (χ3v) is 4.28. The molecule has 28 heavy (non-hydrogen) atoms. The number of hydrogen-bond donors (Lipinski definition) is 1. The van der Waals surface area contributed by atoms with Gasteiger partial charge in [-0.25, -0.2) is 0 Å². The Bertz CT molecular complexity index is 984. The van der Waals surface area contributed by atoms with Crippen molar-refractivity contribution in [3.63, 3.8) is 0 Å². The lowest BCUT2D eigenvalue weighted by Gasteiger charge is -2.14. The minimum atomic E-state index is -0.292. The summed E-state index contributed by atoms with van der Waals surface area (Å²) in [7, 11) is 3.31. The SMILES string of the molecule is CN(C)C(=O)COc1cccc(C(=O)Nc2ccc(Cl)cc2-n2cccc2)c1. The lowest BCUT2D eigenvalue weighted by Crippen LogP contribution is -2.27. The number of benzene rings is 2. The van der Waals surface area contributed by atoms with Gasteiger partial charge in [0.2, 0.25) is 0 Å². The summed E-state index contributed by atoms with van der Waals surface area (Å²) in [5.74, 6) is -0.00270. The number of carbonyl (C=O) groups excluding carboxylic acids is 2. The summed E-state index contributed by atoms with van der Waals surface area (Å²) in [6, 6.07) is 15.7. The molecule has 1 aromatic heterocycles. The largest absolute Gasteiger partial charge is 0.484 e. The Morgan fingerprint density at radius 2 is 1.82 bits per heavy atom. The van der Waals surface area contributed by atoms with Crippen molar-refractivity contribution in [1.29, 1.82) is 0 Å². The Morgan fingerprint density at radius 1 is 1.07 bits per heavy atom. The first-order valence-electron chi connectivity index (χ1n) is 8.61. The predicted molar refractivity (Wildman–Crippen MR) is 109 cm³/mol. The molecule has 6 nitrogen and oxygen atoms in total. The van der Waals surface area contributed by atoms with Crippen molar-refractivity contribution in [3.8, 4) is 11.4 Å². The number of amides is 2. The van der Waals surface area contributed by atoms with Gasteiger partial charge < -0.3 is 19.5 Å². The highest BCUT2D eigenvalue weighted by Gasteiger charge is 2.12. The minimum Gasteiger partial charge on any atom is -0.484 e. The molecule has 2 aromatic carbocycles. The van der Waals surface area contributed by atoms with Gasteiger partial charge in [0.25, 0.3) is 11.8 Å². The van der Waals surface area contributed by atoms with E-state index in [0.717, 1.165) is 5.69 Å². The first kappa shape index (κ1) is 19.5. The van der Waals surface area contributed by atoms with E-state index in [1.165, 1.54) is 4.90 Å². The van der Waals surface area contributed by atoms with Crippen LogP contribution in [-0.2, 0) is 4.79 Å². The third kappa shape index (κ3) is 4.72. The van der Waals surface area contributed by atoms with E-state index >= 15 is 0 Å². The molecule has 144 valence electrons. The van der Waals surface area contributed by atoms with Gasteiger partial charge in [-0.3, -0.25) is 9.59 Å². The highest BCUT2D eigenvalue weighted by Crippen LogP contribution is 2.25. The Hall–Kier alpha value is -3.25. The molecule has 0 aliphatic heterocycles. The van der Waals surface area contributed by atoms with Crippen LogP contribution in [0.15, 0.2) is 67.0 Å². The molecule has 0 bridgehead atoms. The van der Waals surface area contributed by atoms with Crippen LogP contribution in [0.25, 0.3) is 5.69 Å². The number of anilines is 1. The summed E-state index contributed by atoms with van der Waals surface area (Å²) < 4.78 is 7.34. The third-order valence-electron chi connectivity index (χ3n) is 4.05. The van der Waals surface area contributed by atoms with E-state index in [1.807, 2.05) is 29.1 Å². The molecule has 1 N–H and O–H groups in total. The molecule has 7 heteroatoms. The molecule has 0 radical (unpaired) electrons. The predicted octanol–water partition coefficient (Wildman–Crippen LogP) is 3.85. The van der Waals surface area contributed by atoms with E-state index in [1.54, 1.807) is 56.6 Å². The first-order valence-corrected chi connectivity index (χ1v) is 8.99. The maximum atomic E-state index is 12.7.